The molecule has 0 spiro atoms. The lowest BCUT2D eigenvalue weighted by molar-refractivity contribution is -0.137. The van der Waals surface area contributed by atoms with Crippen molar-refractivity contribution in [3.05, 3.63) is 76.7 Å². The number of carboxylic acid groups (broad SMARTS) is 1. The minimum absolute atomic E-state index is 0.0648. The van der Waals surface area contributed by atoms with E-state index >= 15 is 0 Å². The molecular weight excluding hydrogens is 498 g/mol. The van der Waals surface area contributed by atoms with Gasteiger partial charge in [-0.15, -0.1) is 11.3 Å². The summed E-state index contributed by atoms with van der Waals surface area (Å²) in [6.07, 6.45) is -3.34. The third-order valence-electron chi connectivity index (χ3n) is 4.45. The lowest BCUT2D eigenvalue weighted by Crippen LogP contribution is -2.19. The summed E-state index contributed by atoms with van der Waals surface area (Å²) in [7, 11) is 0. The number of benzene rings is 2. The van der Waals surface area contributed by atoms with Crippen molar-refractivity contribution in [3.63, 3.8) is 0 Å². The van der Waals surface area contributed by atoms with E-state index in [0.717, 1.165) is 30.6 Å². The zero-order valence-corrected chi connectivity index (χ0v) is 21.1. The molecule has 0 radical (unpaired) electrons. The first-order chi connectivity index (χ1) is 17.0. The van der Waals surface area contributed by atoms with Gasteiger partial charge in [0.25, 0.3) is 0 Å². The Morgan fingerprint density at radius 1 is 1.19 bits per heavy atom. The number of carbonyl (C=O) groups is 1. The van der Waals surface area contributed by atoms with Crippen LogP contribution in [0.2, 0.25) is 0 Å². The van der Waals surface area contributed by atoms with E-state index < -0.39 is 17.3 Å². The molecule has 11 heteroatoms. The van der Waals surface area contributed by atoms with Gasteiger partial charge in [-0.2, -0.15) is 13.2 Å². The Kier molecular flexibility index (Phi) is 13.7. The summed E-state index contributed by atoms with van der Waals surface area (Å²) in [6.45, 7) is 7.84. The number of thiazole rings is 1. The van der Waals surface area contributed by atoms with E-state index in [0.29, 0.717) is 21.8 Å². The van der Waals surface area contributed by atoms with Crippen molar-refractivity contribution in [2.45, 2.75) is 46.0 Å². The number of nitrogens with one attached hydrogen (secondary N) is 2. The van der Waals surface area contributed by atoms with Gasteiger partial charge in [-0.05, 0) is 43.1 Å². The Hall–Kier alpha value is -3.02. The van der Waals surface area contributed by atoms with E-state index in [-0.39, 0.29) is 18.5 Å². The minimum atomic E-state index is -4.35. The zero-order chi connectivity index (χ0) is 27.1. The average Bonchev–Trinajstić information content (AvgIpc) is 3.52. The third kappa shape index (κ3) is 12.1. The highest BCUT2D eigenvalue weighted by atomic mass is 32.1. The van der Waals surface area contributed by atoms with Gasteiger partial charge in [-0.25, -0.2) is 14.2 Å². The van der Waals surface area contributed by atoms with Crippen LogP contribution < -0.4 is 10.6 Å². The second-order valence-corrected chi connectivity index (χ2v) is 8.36. The molecule has 0 saturated carbocycles. The molecule has 2 aromatic carbocycles. The van der Waals surface area contributed by atoms with Crippen molar-refractivity contribution >= 4 is 17.4 Å². The van der Waals surface area contributed by atoms with Crippen LogP contribution in [0.5, 0.6) is 0 Å². The number of hydrogen-bond acceptors (Lipinski definition) is 5. The number of amides is 1. The molecule has 1 aromatic heterocycles. The molecule has 4 rings (SSSR count). The van der Waals surface area contributed by atoms with Crippen molar-refractivity contribution < 1.29 is 32.6 Å². The van der Waals surface area contributed by atoms with E-state index in [2.05, 4.69) is 15.6 Å². The number of aliphatic hydroxyl groups is 1. The third-order valence-corrected chi connectivity index (χ3v) is 5.54. The van der Waals surface area contributed by atoms with Crippen LogP contribution in [-0.4, -0.2) is 40.5 Å². The fourth-order valence-electron chi connectivity index (χ4n) is 2.72. The van der Waals surface area contributed by atoms with Crippen LogP contribution in [0, 0.1) is 12.7 Å². The van der Waals surface area contributed by atoms with Crippen molar-refractivity contribution in [1.82, 2.24) is 15.6 Å². The highest BCUT2D eigenvalue weighted by Crippen LogP contribution is 2.36. The van der Waals surface area contributed by atoms with E-state index in [4.69, 9.17) is 10.2 Å². The smallest absolute Gasteiger partial charge is 0.443 e. The van der Waals surface area contributed by atoms with E-state index in [9.17, 15) is 22.4 Å². The topological polar surface area (TPSA) is 94.5 Å². The molecule has 4 N–H and O–H groups in total. The van der Waals surface area contributed by atoms with Crippen LogP contribution in [0.1, 0.15) is 36.4 Å². The lowest BCUT2D eigenvalue weighted by atomic mass is 10.1. The Labute approximate surface area is 212 Å². The van der Waals surface area contributed by atoms with Crippen LogP contribution in [0.25, 0.3) is 10.4 Å². The van der Waals surface area contributed by atoms with Crippen LogP contribution in [0.3, 0.4) is 0 Å². The Morgan fingerprint density at radius 3 is 2.31 bits per heavy atom. The predicted octanol–water partition coefficient (Wildman–Crippen LogP) is 6.10. The molecule has 6 nitrogen and oxygen atoms in total. The summed E-state index contributed by atoms with van der Waals surface area (Å²) in [4.78, 5) is 14.0. The summed E-state index contributed by atoms with van der Waals surface area (Å²) in [5, 5.41) is 21.3. The van der Waals surface area contributed by atoms with Crippen LogP contribution >= 0.6 is 11.3 Å². The van der Waals surface area contributed by atoms with Crippen LogP contribution in [0.15, 0.2) is 54.7 Å². The van der Waals surface area contributed by atoms with Gasteiger partial charge >= 0.3 is 12.3 Å². The van der Waals surface area contributed by atoms with E-state index in [1.165, 1.54) is 24.4 Å². The van der Waals surface area contributed by atoms with Crippen molar-refractivity contribution in [1.29, 1.82) is 0 Å². The van der Waals surface area contributed by atoms with Gasteiger partial charge in [0, 0.05) is 19.3 Å². The SMILES string of the molecule is CC.Cc1ccc(-c2cnc(C(F)(F)F)s2)cc1.O=C(O)NCc1cccc(F)c1.OC1CCNC1. The predicted molar refractivity (Wildman–Crippen MR) is 133 cm³/mol. The second-order valence-electron chi connectivity index (χ2n) is 7.33. The lowest BCUT2D eigenvalue weighted by Gasteiger charge is -2.00. The number of aliphatic hydroxyl groups excluding tert-OH is 1. The average molecular weight is 530 g/mol. The molecule has 1 amide bonds. The van der Waals surface area contributed by atoms with Gasteiger partial charge < -0.3 is 20.8 Å². The highest BCUT2D eigenvalue weighted by molar-refractivity contribution is 7.15. The Balaban J connectivity index is 0.000000284. The van der Waals surface area contributed by atoms with Crippen LogP contribution in [0.4, 0.5) is 22.4 Å². The molecule has 0 aliphatic carbocycles. The number of alkyl halides is 3. The molecule has 1 fully saturated rings. The first-order valence-electron chi connectivity index (χ1n) is 11.2. The summed E-state index contributed by atoms with van der Waals surface area (Å²) >= 11 is 0.663. The van der Waals surface area contributed by atoms with E-state index in [1.54, 1.807) is 18.2 Å². The van der Waals surface area contributed by atoms with Crippen molar-refractivity contribution in [2.24, 2.45) is 0 Å². The van der Waals surface area contributed by atoms with Gasteiger partial charge in [0.05, 0.1) is 11.0 Å². The van der Waals surface area contributed by atoms with Crippen molar-refractivity contribution in [2.75, 3.05) is 13.1 Å². The number of aryl methyl sites for hydroxylation is 1. The zero-order valence-electron chi connectivity index (χ0n) is 20.3. The number of rotatable bonds is 3. The summed E-state index contributed by atoms with van der Waals surface area (Å²) < 4.78 is 49.5. The summed E-state index contributed by atoms with van der Waals surface area (Å²) in [5.41, 5.74) is 2.44. The van der Waals surface area contributed by atoms with Crippen LogP contribution in [-0.2, 0) is 12.7 Å². The molecule has 198 valence electrons. The van der Waals surface area contributed by atoms with Gasteiger partial charge in [-0.3, -0.25) is 0 Å². The monoisotopic (exact) mass is 529 g/mol. The quantitative estimate of drug-likeness (QED) is 0.308. The number of hydrogen-bond donors (Lipinski definition) is 4. The number of nitrogens with zero attached hydrogens (tertiary/aromatic N) is 1. The molecule has 1 aliphatic heterocycles. The van der Waals surface area contributed by atoms with Crippen molar-refractivity contribution in [3.8, 4) is 10.4 Å². The number of aromatic nitrogens is 1. The second kappa shape index (κ2) is 15.9. The highest BCUT2D eigenvalue weighted by Gasteiger charge is 2.34. The fraction of sp³-hybridized carbons (Fsp3) is 0.360. The molecule has 1 unspecified atom stereocenters. The first-order valence-corrected chi connectivity index (χ1v) is 12.1. The maximum absolute atomic E-state index is 12.5. The maximum atomic E-state index is 12.5. The number of halogens is 4. The Morgan fingerprint density at radius 2 is 1.86 bits per heavy atom. The normalized spacial score (nSPS) is 14.3. The molecule has 0 bridgehead atoms. The molecule has 2 heterocycles. The molecular formula is C25H31F4N3O3S. The van der Waals surface area contributed by atoms with Gasteiger partial charge in [-0.1, -0.05) is 55.8 Å². The summed E-state index contributed by atoms with van der Waals surface area (Å²) in [5.74, 6) is -0.361. The molecule has 3 aromatic rings. The van der Waals surface area contributed by atoms with Gasteiger partial charge in [0.1, 0.15) is 5.82 Å². The standard InChI is InChI=1S/C11H8F3NS.C8H8FNO2.C4H9NO.C2H6/c1-7-2-4-8(5-3-7)9-6-15-10(16-9)11(12,13)14;9-7-3-1-2-6(4-7)5-10-8(11)12;6-4-1-2-5-3-4;1-2/h2-6H,1H3;1-4,10H,5H2,(H,11,12);4-6H,1-3H2;1-2H3. The fourth-order valence-corrected chi connectivity index (χ4v) is 3.51. The van der Waals surface area contributed by atoms with Gasteiger partial charge in [0.15, 0.2) is 5.01 Å². The Bertz CT molecular complexity index is 1040. The molecule has 1 atom stereocenters. The van der Waals surface area contributed by atoms with E-state index in [1.807, 2.05) is 32.9 Å². The molecule has 36 heavy (non-hydrogen) atoms. The summed E-state index contributed by atoms with van der Waals surface area (Å²) in [6, 6.07) is 13.1. The maximum Gasteiger partial charge on any atom is 0.443 e. The molecule has 1 aliphatic rings. The largest absolute Gasteiger partial charge is 0.465 e. The molecule has 1 saturated heterocycles. The minimum Gasteiger partial charge on any atom is -0.465 e. The number of β-amino-alcohol motifs (C(OH)–C–C–N with tert-alkyl or cyclic N) is 1. The first kappa shape index (κ1) is 31.0. The van der Waals surface area contributed by atoms with Gasteiger partial charge in [0.2, 0.25) is 0 Å².